The van der Waals surface area contributed by atoms with Crippen molar-refractivity contribution < 1.29 is 19.4 Å². The van der Waals surface area contributed by atoms with Crippen LogP contribution in [0.25, 0.3) is 0 Å². The average Bonchev–Trinajstić information content (AvgIpc) is 3.13. The number of carbonyl (C=O) groups excluding carboxylic acids is 2. The maximum absolute atomic E-state index is 13.7. The maximum atomic E-state index is 13.7. The summed E-state index contributed by atoms with van der Waals surface area (Å²) >= 11 is 0. The van der Waals surface area contributed by atoms with Gasteiger partial charge < -0.3 is 20.1 Å². The number of benzene rings is 2. The summed E-state index contributed by atoms with van der Waals surface area (Å²) in [6.07, 6.45) is 1.14. The number of ether oxygens (including phenoxy) is 1. The molecule has 2 heterocycles. The average molecular weight is 394 g/mol. The topological polar surface area (TPSA) is 78.9 Å². The first kappa shape index (κ1) is 19.6. The summed E-state index contributed by atoms with van der Waals surface area (Å²) in [5.41, 5.74) is 2.40. The first-order chi connectivity index (χ1) is 14.0. The molecule has 1 fully saturated rings. The molecule has 2 N–H and O–H groups in total. The maximum Gasteiger partial charge on any atom is 0.264 e. The second-order valence-electron chi connectivity index (χ2n) is 7.91. The summed E-state index contributed by atoms with van der Waals surface area (Å²) in [5, 5.41) is 12.1. The number of aliphatic hydroxyl groups excluding tert-OH is 1. The van der Waals surface area contributed by atoms with Crippen LogP contribution < -0.4 is 10.2 Å². The Morgan fingerprint density at radius 2 is 2.07 bits per heavy atom. The fraction of sp³-hybridized carbons (Fsp3) is 0.391. The number of anilines is 2. The van der Waals surface area contributed by atoms with Crippen LogP contribution >= 0.6 is 0 Å². The van der Waals surface area contributed by atoms with Crippen molar-refractivity contribution in [3.8, 4) is 0 Å². The van der Waals surface area contributed by atoms with Gasteiger partial charge in [-0.25, -0.2) is 0 Å². The second-order valence-corrected chi connectivity index (χ2v) is 7.91. The molecular formula is C23H26N2O4. The quantitative estimate of drug-likeness (QED) is 0.816. The van der Waals surface area contributed by atoms with Gasteiger partial charge in [-0.05, 0) is 36.6 Å². The van der Waals surface area contributed by atoms with Crippen LogP contribution in [0.3, 0.4) is 0 Å². The third-order valence-electron chi connectivity index (χ3n) is 5.86. The molecule has 2 aromatic rings. The normalized spacial score (nSPS) is 25.5. The molecule has 2 aliphatic heterocycles. The van der Waals surface area contributed by atoms with Crippen LogP contribution in [0.1, 0.15) is 37.8 Å². The van der Waals surface area contributed by atoms with E-state index in [0.29, 0.717) is 18.7 Å². The van der Waals surface area contributed by atoms with E-state index in [1.54, 1.807) is 4.90 Å². The van der Waals surface area contributed by atoms with Gasteiger partial charge in [0.15, 0.2) is 5.60 Å². The van der Waals surface area contributed by atoms with Crippen molar-refractivity contribution >= 4 is 23.2 Å². The molecule has 0 unspecified atom stereocenters. The molecule has 2 amide bonds. The molecule has 2 aromatic carbocycles. The van der Waals surface area contributed by atoms with Gasteiger partial charge in [0.05, 0.1) is 18.3 Å². The van der Waals surface area contributed by atoms with Gasteiger partial charge >= 0.3 is 0 Å². The van der Waals surface area contributed by atoms with Crippen molar-refractivity contribution in [1.82, 2.24) is 0 Å². The lowest BCUT2D eigenvalue weighted by molar-refractivity contribution is -0.146. The minimum Gasteiger partial charge on any atom is -0.396 e. The molecule has 0 aromatic heterocycles. The molecule has 0 bridgehead atoms. The van der Waals surface area contributed by atoms with E-state index >= 15 is 0 Å². The summed E-state index contributed by atoms with van der Waals surface area (Å²) in [6, 6.07) is 15.3. The summed E-state index contributed by atoms with van der Waals surface area (Å²) < 4.78 is 6.34. The summed E-state index contributed by atoms with van der Waals surface area (Å²) in [7, 11) is 0. The predicted molar refractivity (Wildman–Crippen MR) is 110 cm³/mol. The van der Waals surface area contributed by atoms with Gasteiger partial charge in [-0.3, -0.25) is 9.59 Å². The first-order valence-corrected chi connectivity index (χ1v) is 10.0. The third-order valence-corrected chi connectivity index (χ3v) is 5.86. The lowest BCUT2D eigenvalue weighted by atomic mass is 9.83. The Labute approximate surface area is 170 Å². The van der Waals surface area contributed by atoms with Gasteiger partial charge in [-0.15, -0.1) is 0 Å². The monoisotopic (exact) mass is 394 g/mol. The van der Waals surface area contributed by atoms with E-state index in [2.05, 4.69) is 5.32 Å². The van der Waals surface area contributed by atoms with Crippen LogP contribution in [0.4, 0.5) is 11.4 Å². The Kier molecular flexibility index (Phi) is 5.15. The van der Waals surface area contributed by atoms with E-state index in [1.807, 2.05) is 55.5 Å². The highest BCUT2D eigenvalue weighted by Crippen LogP contribution is 2.53. The molecular weight excluding hydrogens is 368 g/mol. The molecule has 0 aliphatic carbocycles. The molecule has 6 heteroatoms. The van der Waals surface area contributed by atoms with Gasteiger partial charge in [0.25, 0.3) is 5.91 Å². The fourth-order valence-electron chi connectivity index (χ4n) is 4.64. The largest absolute Gasteiger partial charge is 0.396 e. The highest BCUT2D eigenvalue weighted by Gasteiger charge is 2.59. The number of hydrogen-bond donors (Lipinski definition) is 2. The standard InChI is InChI=1S/C23H26N2O4/c1-15-12-19(10-11-26)29-23(15)20-8-3-4-9-21(20)25(22(23)28)14-17-6-5-7-18(13-17)24-16(2)27/h3-9,13,15,19,26H,10-12,14H2,1-2H3,(H,24,27)/t15-,19+,23+/m1/s1. The molecule has 4 rings (SSSR count). The Bertz CT molecular complexity index is 944. The van der Waals surface area contributed by atoms with Crippen LogP contribution in [0.2, 0.25) is 0 Å². The summed E-state index contributed by atoms with van der Waals surface area (Å²) in [6.45, 7) is 3.96. The van der Waals surface area contributed by atoms with Crippen LogP contribution in [-0.4, -0.2) is 29.6 Å². The van der Waals surface area contributed by atoms with Gasteiger partial charge in [-0.1, -0.05) is 37.3 Å². The van der Waals surface area contributed by atoms with Crippen molar-refractivity contribution in [1.29, 1.82) is 0 Å². The minimum absolute atomic E-state index is 0.0170. The van der Waals surface area contributed by atoms with E-state index in [4.69, 9.17) is 4.74 Å². The Morgan fingerprint density at radius 1 is 1.28 bits per heavy atom. The number of nitrogens with zero attached hydrogens (tertiary/aromatic N) is 1. The van der Waals surface area contributed by atoms with Crippen molar-refractivity contribution in [3.63, 3.8) is 0 Å². The first-order valence-electron chi connectivity index (χ1n) is 10.0. The zero-order valence-corrected chi connectivity index (χ0v) is 16.7. The molecule has 152 valence electrons. The van der Waals surface area contributed by atoms with E-state index in [1.165, 1.54) is 6.92 Å². The zero-order valence-electron chi connectivity index (χ0n) is 16.7. The highest BCUT2D eigenvalue weighted by atomic mass is 16.5. The van der Waals surface area contributed by atoms with Gasteiger partial charge in [0, 0.05) is 30.7 Å². The summed E-state index contributed by atoms with van der Waals surface area (Å²) in [4.78, 5) is 26.8. The van der Waals surface area contributed by atoms with Crippen LogP contribution in [0.15, 0.2) is 48.5 Å². The second kappa shape index (κ2) is 7.61. The molecule has 1 spiro atoms. The van der Waals surface area contributed by atoms with Crippen molar-refractivity contribution in [2.75, 3.05) is 16.8 Å². The molecule has 1 saturated heterocycles. The van der Waals surface area contributed by atoms with Crippen molar-refractivity contribution in [2.45, 2.75) is 44.9 Å². The number of amides is 2. The predicted octanol–water partition coefficient (Wildman–Crippen LogP) is 3.19. The zero-order chi connectivity index (χ0) is 20.6. The van der Waals surface area contributed by atoms with Crippen LogP contribution in [-0.2, 0) is 26.5 Å². The number of rotatable bonds is 5. The fourth-order valence-corrected chi connectivity index (χ4v) is 4.64. The lowest BCUT2D eigenvalue weighted by Crippen LogP contribution is -2.43. The molecule has 2 aliphatic rings. The Balaban J connectivity index is 1.68. The van der Waals surface area contributed by atoms with E-state index in [9.17, 15) is 14.7 Å². The van der Waals surface area contributed by atoms with Crippen molar-refractivity contribution in [2.24, 2.45) is 5.92 Å². The third kappa shape index (κ3) is 3.32. The molecule has 29 heavy (non-hydrogen) atoms. The smallest absolute Gasteiger partial charge is 0.264 e. The number of hydrogen-bond acceptors (Lipinski definition) is 4. The van der Waals surface area contributed by atoms with Crippen molar-refractivity contribution in [3.05, 3.63) is 59.7 Å². The van der Waals surface area contributed by atoms with Gasteiger partial charge in [0.2, 0.25) is 5.91 Å². The lowest BCUT2D eigenvalue weighted by Gasteiger charge is -2.28. The van der Waals surface area contributed by atoms with Crippen LogP contribution in [0.5, 0.6) is 0 Å². The highest BCUT2D eigenvalue weighted by molar-refractivity contribution is 6.07. The number of fused-ring (bicyclic) bond motifs is 2. The van der Waals surface area contributed by atoms with Gasteiger partial charge in [0.1, 0.15) is 0 Å². The number of aliphatic hydroxyl groups is 1. The van der Waals surface area contributed by atoms with E-state index in [0.717, 1.165) is 23.2 Å². The number of para-hydroxylation sites is 1. The molecule has 6 nitrogen and oxygen atoms in total. The van der Waals surface area contributed by atoms with Crippen LogP contribution in [0, 0.1) is 5.92 Å². The molecule has 3 atom stereocenters. The SMILES string of the molecule is CC(=O)Nc1cccc(CN2C(=O)[C@@]3(O[C@@H](CCO)C[C@H]3C)c3ccccc32)c1. The van der Waals surface area contributed by atoms with Gasteiger partial charge in [-0.2, -0.15) is 0 Å². The molecule has 0 radical (unpaired) electrons. The Hall–Kier alpha value is -2.70. The summed E-state index contributed by atoms with van der Waals surface area (Å²) in [5.74, 6) is -0.174. The van der Waals surface area contributed by atoms with E-state index in [-0.39, 0.29) is 30.4 Å². The Morgan fingerprint density at radius 3 is 2.83 bits per heavy atom. The minimum atomic E-state index is -0.994. The van der Waals surface area contributed by atoms with E-state index < -0.39 is 5.60 Å². The number of carbonyl (C=O) groups is 2. The molecule has 0 saturated carbocycles. The number of nitrogens with one attached hydrogen (secondary N) is 1.